The van der Waals surface area contributed by atoms with Crippen LogP contribution in [0.15, 0.2) is 23.1 Å². The van der Waals surface area contributed by atoms with Gasteiger partial charge >= 0.3 is 6.18 Å². The van der Waals surface area contributed by atoms with Crippen molar-refractivity contribution in [1.29, 1.82) is 0 Å². The highest BCUT2D eigenvalue weighted by molar-refractivity contribution is 7.89. The molecule has 1 saturated heterocycles. The molecule has 5 nitrogen and oxygen atoms in total. The van der Waals surface area contributed by atoms with E-state index >= 15 is 0 Å². The van der Waals surface area contributed by atoms with Crippen molar-refractivity contribution in [3.63, 3.8) is 0 Å². The van der Waals surface area contributed by atoms with Crippen molar-refractivity contribution in [2.24, 2.45) is 5.92 Å². The molecule has 0 radical (unpaired) electrons. The van der Waals surface area contributed by atoms with Gasteiger partial charge in [0.2, 0.25) is 15.9 Å². The van der Waals surface area contributed by atoms with Crippen molar-refractivity contribution in [2.75, 3.05) is 26.2 Å². The van der Waals surface area contributed by atoms with Crippen molar-refractivity contribution in [1.82, 2.24) is 9.21 Å². The smallest absolute Gasteiger partial charge is 0.340 e. The van der Waals surface area contributed by atoms with E-state index in [9.17, 15) is 26.4 Å². The van der Waals surface area contributed by atoms with E-state index in [4.69, 9.17) is 11.6 Å². The Morgan fingerprint density at radius 1 is 1.12 bits per heavy atom. The lowest BCUT2D eigenvalue weighted by Crippen LogP contribution is -2.51. The molecule has 1 heterocycles. The molecule has 3 rings (SSSR count). The minimum Gasteiger partial charge on any atom is -0.340 e. The molecule has 0 spiro atoms. The van der Waals surface area contributed by atoms with E-state index in [0.29, 0.717) is 6.07 Å². The highest BCUT2D eigenvalue weighted by Crippen LogP contribution is 2.37. The van der Waals surface area contributed by atoms with Crippen molar-refractivity contribution in [3.8, 4) is 0 Å². The van der Waals surface area contributed by atoms with Crippen LogP contribution in [-0.2, 0) is 21.0 Å². The summed E-state index contributed by atoms with van der Waals surface area (Å²) in [5.74, 6) is 0.0239. The number of benzene rings is 1. The van der Waals surface area contributed by atoms with Gasteiger partial charge in [-0.05, 0) is 31.0 Å². The van der Waals surface area contributed by atoms with Gasteiger partial charge in [-0.1, -0.05) is 11.6 Å². The number of sulfonamides is 1. The standard InChI is InChI=1S/C15H16ClF3N2O3S/c16-11-3-4-13(12(9-11)15(17,18)19)25(23,24)21-7-5-20(6-8-21)14(22)10-1-2-10/h3-4,9-10H,1-2,5-8H2. The van der Waals surface area contributed by atoms with E-state index in [2.05, 4.69) is 0 Å². The molecule has 1 aromatic rings. The van der Waals surface area contributed by atoms with Crippen LogP contribution < -0.4 is 0 Å². The first kappa shape index (κ1) is 18.5. The second kappa shape index (κ2) is 6.44. The predicted octanol–water partition coefficient (Wildman–Crippen LogP) is 2.60. The van der Waals surface area contributed by atoms with Gasteiger partial charge in [-0.25, -0.2) is 8.42 Å². The van der Waals surface area contributed by atoms with Crippen LogP contribution in [0, 0.1) is 5.92 Å². The summed E-state index contributed by atoms with van der Waals surface area (Å²) in [7, 11) is -4.33. The minimum absolute atomic E-state index is 0.000443. The van der Waals surface area contributed by atoms with Crippen LogP contribution in [0.2, 0.25) is 5.02 Å². The molecule has 1 amide bonds. The molecular formula is C15H16ClF3N2O3S. The molecule has 1 aliphatic carbocycles. The Kier molecular flexibility index (Phi) is 4.76. The first-order chi connectivity index (χ1) is 11.6. The second-order valence-electron chi connectivity index (χ2n) is 6.14. The van der Waals surface area contributed by atoms with Crippen LogP contribution in [0.4, 0.5) is 13.2 Å². The number of alkyl halides is 3. The maximum atomic E-state index is 13.2. The quantitative estimate of drug-likeness (QED) is 0.789. The Morgan fingerprint density at radius 3 is 2.24 bits per heavy atom. The van der Waals surface area contributed by atoms with Gasteiger partial charge in [-0.2, -0.15) is 17.5 Å². The maximum absolute atomic E-state index is 13.2. The van der Waals surface area contributed by atoms with Crippen molar-refractivity contribution >= 4 is 27.5 Å². The number of rotatable bonds is 3. The van der Waals surface area contributed by atoms with E-state index in [1.54, 1.807) is 4.90 Å². The molecule has 1 aliphatic heterocycles. The van der Waals surface area contributed by atoms with E-state index < -0.39 is 26.7 Å². The van der Waals surface area contributed by atoms with Crippen LogP contribution in [0.5, 0.6) is 0 Å². The lowest BCUT2D eigenvalue weighted by Gasteiger charge is -2.34. The van der Waals surface area contributed by atoms with Gasteiger partial charge in [0.15, 0.2) is 0 Å². The van der Waals surface area contributed by atoms with Gasteiger partial charge in [-0.15, -0.1) is 0 Å². The van der Waals surface area contributed by atoms with Gasteiger partial charge < -0.3 is 4.90 Å². The number of hydrogen-bond donors (Lipinski definition) is 0. The number of hydrogen-bond acceptors (Lipinski definition) is 3. The topological polar surface area (TPSA) is 57.7 Å². The number of carbonyl (C=O) groups excluding carboxylic acids is 1. The molecule has 0 atom stereocenters. The molecular weight excluding hydrogens is 381 g/mol. The zero-order valence-electron chi connectivity index (χ0n) is 13.1. The molecule has 0 aromatic heterocycles. The van der Waals surface area contributed by atoms with E-state index in [0.717, 1.165) is 29.3 Å². The summed E-state index contributed by atoms with van der Waals surface area (Å²) in [6.45, 7) is 0.314. The summed E-state index contributed by atoms with van der Waals surface area (Å²) >= 11 is 5.60. The third-order valence-electron chi connectivity index (χ3n) is 4.34. The summed E-state index contributed by atoms with van der Waals surface area (Å²) in [5.41, 5.74) is -1.28. The average Bonchev–Trinajstić information content (AvgIpc) is 3.38. The molecule has 0 unspecified atom stereocenters. The van der Waals surface area contributed by atoms with Crippen molar-refractivity contribution < 1.29 is 26.4 Å². The lowest BCUT2D eigenvalue weighted by molar-refractivity contribution is -0.139. The Bertz CT molecular complexity index is 786. The van der Waals surface area contributed by atoms with Crippen LogP contribution in [0.1, 0.15) is 18.4 Å². The zero-order valence-corrected chi connectivity index (χ0v) is 14.7. The molecule has 10 heteroatoms. The molecule has 1 saturated carbocycles. The molecule has 138 valence electrons. The van der Waals surface area contributed by atoms with Crippen LogP contribution in [0.25, 0.3) is 0 Å². The van der Waals surface area contributed by atoms with Gasteiger partial charge in [0, 0.05) is 37.1 Å². The van der Waals surface area contributed by atoms with Crippen LogP contribution in [-0.4, -0.2) is 49.7 Å². The predicted molar refractivity (Wildman–Crippen MR) is 84.5 cm³/mol. The minimum atomic E-state index is -4.84. The van der Waals surface area contributed by atoms with Crippen molar-refractivity contribution in [2.45, 2.75) is 23.9 Å². The normalized spacial score (nSPS) is 19.9. The molecule has 0 bridgehead atoms. The first-order valence-electron chi connectivity index (χ1n) is 7.76. The molecule has 2 aliphatic rings. The molecule has 1 aromatic carbocycles. The van der Waals surface area contributed by atoms with Gasteiger partial charge in [0.25, 0.3) is 0 Å². The number of piperazine rings is 1. The molecule has 2 fully saturated rings. The number of carbonyl (C=O) groups is 1. The summed E-state index contributed by atoms with van der Waals surface area (Å²) in [5, 5.41) is -0.189. The molecule has 0 N–H and O–H groups in total. The summed E-state index contributed by atoms with van der Waals surface area (Å²) in [6, 6.07) is 2.61. The van der Waals surface area contributed by atoms with E-state index in [1.165, 1.54) is 0 Å². The number of halogens is 4. The highest BCUT2D eigenvalue weighted by atomic mass is 35.5. The fourth-order valence-electron chi connectivity index (χ4n) is 2.83. The lowest BCUT2D eigenvalue weighted by atomic mass is 10.2. The van der Waals surface area contributed by atoms with E-state index in [1.807, 2.05) is 0 Å². The number of amides is 1. The summed E-state index contributed by atoms with van der Waals surface area (Å²) in [4.78, 5) is 12.8. The van der Waals surface area contributed by atoms with E-state index in [-0.39, 0.29) is 43.0 Å². The zero-order chi connectivity index (χ0) is 18.4. The van der Waals surface area contributed by atoms with Crippen molar-refractivity contribution in [3.05, 3.63) is 28.8 Å². The average molecular weight is 397 g/mol. The second-order valence-corrected chi connectivity index (χ2v) is 8.48. The van der Waals surface area contributed by atoms with Crippen LogP contribution in [0.3, 0.4) is 0 Å². The van der Waals surface area contributed by atoms with Gasteiger partial charge in [0.05, 0.1) is 10.5 Å². The third-order valence-corrected chi connectivity index (χ3v) is 6.53. The van der Waals surface area contributed by atoms with Crippen LogP contribution >= 0.6 is 11.6 Å². The van der Waals surface area contributed by atoms with Gasteiger partial charge in [0.1, 0.15) is 0 Å². The first-order valence-corrected chi connectivity index (χ1v) is 9.58. The fraction of sp³-hybridized carbons (Fsp3) is 0.533. The highest BCUT2D eigenvalue weighted by Gasteiger charge is 2.41. The Labute approximate surface area is 148 Å². The Balaban J connectivity index is 1.82. The molecule has 25 heavy (non-hydrogen) atoms. The maximum Gasteiger partial charge on any atom is 0.417 e. The Morgan fingerprint density at radius 2 is 1.72 bits per heavy atom. The fourth-order valence-corrected chi connectivity index (χ4v) is 4.61. The monoisotopic (exact) mass is 396 g/mol. The summed E-state index contributed by atoms with van der Waals surface area (Å²) in [6.07, 6.45) is -3.15. The largest absolute Gasteiger partial charge is 0.417 e. The third kappa shape index (κ3) is 3.78. The summed E-state index contributed by atoms with van der Waals surface area (Å²) < 4.78 is 65.9. The Hall–Kier alpha value is -1.32. The number of nitrogens with zero attached hydrogens (tertiary/aromatic N) is 2. The SMILES string of the molecule is O=C(C1CC1)N1CCN(S(=O)(=O)c2ccc(Cl)cc2C(F)(F)F)CC1. The van der Waals surface area contributed by atoms with Gasteiger partial charge in [-0.3, -0.25) is 4.79 Å².